The first kappa shape index (κ1) is 16.8. The third-order valence-electron chi connectivity index (χ3n) is 3.16. The van der Waals surface area contributed by atoms with E-state index in [9.17, 15) is 9.90 Å². The van der Waals surface area contributed by atoms with E-state index in [1.807, 2.05) is 13.8 Å². The second-order valence-electron chi connectivity index (χ2n) is 4.92. The van der Waals surface area contributed by atoms with Gasteiger partial charge in [0.25, 0.3) is 5.91 Å². The summed E-state index contributed by atoms with van der Waals surface area (Å²) in [6, 6.07) is 6.53. The van der Waals surface area contributed by atoms with Crippen LogP contribution in [0.1, 0.15) is 34.8 Å². The first-order valence-electron chi connectivity index (χ1n) is 6.87. The molecule has 0 aliphatic heterocycles. The average molecular weight is 342 g/mol. The van der Waals surface area contributed by atoms with E-state index in [2.05, 4.69) is 10.4 Å². The molecule has 0 unspecified atom stereocenters. The van der Waals surface area contributed by atoms with Gasteiger partial charge in [0.15, 0.2) is 0 Å². The molecule has 5 nitrogen and oxygen atoms in total. The van der Waals surface area contributed by atoms with Crippen LogP contribution in [0.3, 0.4) is 0 Å². The number of hydrogen-bond donors (Lipinski definition) is 2. The summed E-state index contributed by atoms with van der Waals surface area (Å²) in [5.74, 6) is -0.283. The van der Waals surface area contributed by atoms with Gasteiger partial charge in [0.1, 0.15) is 5.69 Å². The molecule has 0 saturated carbocycles. The number of hydrogen-bond acceptors (Lipinski definition) is 3. The van der Waals surface area contributed by atoms with Gasteiger partial charge in [-0.2, -0.15) is 5.10 Å². The predicted molar refractivity (Wildman–Crippen MR) is 86.4 cm³/mol. The molecule has 118 valence electrons. The third kappa shape index (κ3) is 4.00. The number of rotatable bonds is 5. The molecular weight excluding hydrogens is 325 g/mol. The molecule has 2 aromatic rings. The fraction of sp³-hybridized carbons (Fsp3) is 0.333. The Kier molecular flexibility index (Phi) is 5.45. The Morgan fingerprint density at radius 2 is 1.95 bits per heavy atom. The van der Waals surface area contributed by atoms with E-state index < -0.39 is 6.10 Å². The van der Waals surface area contributed by atoms with Crippen LogP contribution in [-0.4, -0.2) is 27.3 Å². The minimum Gasteiger partial charge on any atom is -0.387 e. The van der Waals surface area contributed by atoms with Crippen LogP contribution in [-0.2, 0) is 6.54 Å². The lowest BCUT2D eigenvalue weighted by Crippen LogP contribution is -2.30. The number of amides is 1. The monoisotopic (exact) mass is 341 g/mol. The quantitative estimate of drug-likeness (QED) is 0.878. The summed E-state index contributed by atoms with van der Waals surface area (Å²) < 4.78 is 1.62. The van der Waals surface area contributed by atoms with Crippen molar-refractivity contribution in [2.24, 2.45) is 0 Å². The molecule has 1 heterocycles. The second kappa shape index (κ2) is 7.13. The number of halogens is 2. The molecule has 0 saturated heterocycles. The third-order valence-corrected chi connectivity index (χ3v) is 3.60. The summed E-state index contributed by atoms with van der Waals surface area (Å²) in [5, 5.41) is 17.9. The number of aromatic nitrogens is 2. The van der Waals surface area contributed by atoms with Crippen molar-refractivity contribution in [1.29, 1.82) is 0 Å². The zero-order valence-corrected chi connectivity index (χ0v) is 13.8. The minimum absolute atomic E-state index is 0.0590. The Morgan fingerprint density at radius 1 is 1.32 bits per heavy atom. The molecule has 0 radical (unpaired) electrons. The second-order valence-corrected chi connectivity index (χ2v) is 5.79. The van der Waals surface area contributed by atoms with E-state index in [1.54, 1.807) is 28.9 Å². The smallest absolute Gasteiger partial charge is 0.269 e. The number of nitrogens with one attached hydrogen (secondary N) is 1. The topological polar surface area (TPSA) is 67.2 Å². The highest BCUT2D eigenvalue weighted by atomic mass is 35.5. The standard InChI is InChI=1S/C15H17Cl2N3O2/c1-3-20-13(4-9(2)19-20)15(22)18-8-14(21)10-5-11(16)7-12(17)6-10/h4-7,14,21H,3,8H2,1-2H3,(H,18,22)/t14-/m0/s1. The van der Waals surface area contributed by atoms with Crippen LogP contribution < -0.4 is 5.32 Å². The van der Waals surface area contributed by atoms with E-state index in [4.69, 9.17) is 23.2 Å². The van der Waals surface area contributed by atoms with Crippen molar-refractivity contribution in [3.63, 3.8) is 0 Å². The molecule has 22 heavy (non-hydrogen) atoms. The van der Waals surface area contributed by atoms with E-state index in [0.717, 1.165) is 5.69 Å². The van der Waals surface area contributed by atoms with E-state index >= 15 is 0 Å². The van der Waals surface area contributed by atoms with Crippen LogP contribution in [0, 0.1) is 6.92 Å². The summed E-state index contributed by atoms with van der Waals surface area (Å²) in [4.78, 5) is 12.2. The van der Waals surface area contributed by atoms with E-state index in [0.29, 0.717) is 27.8 Å². The summed E-state index contributed by atoms with van der Waals surface area (Å²) in [7, 11) is 0. The first-order chi connectivity index (χ1) is 10.4. The molecule has 0 spiro atoms. The van der Waals surface area contributed by atoms with Crippen LogP contribution in [0.2, 0.25) is 10.0 Å². The summed E-state index contributed by atoms with van der Waals surface area (Å²) in [5.41, 5.74) is 1.79. The Hall–Kier alpha value is -1.56. The Morgan fingerprint density at radius 3 is 2.55 bits per heavy atom. The van der Waals surface area contributed by atoms with Gasteiger partial charge in [0.05, 0.1) is 11.8 Å². The maximum Gasteiger partial charge on any atom is 0.269 e. The van der Waals surface area contributed by atoms with Crippen LogP contribution in [0.4, 0.5) is 0 Å². The Balaban J connectivity index is 2.04. The first-order valence-corrected chi connectivity index (χ1v) is 7.63. The number of aryl methyl sites for hydroxylation is 2. The average Bonchev–Trinajstić information content (AvgIpc) is 2.84. The van der Waals surface area contributed by atoms with E-state index in [-0.39, 0.29) is 12.5 Å². The van der Waals surface area contributed by atoms with Crippen molar-refractivity contribution < 1.29 is 9.90 Å². The van der Waals surface area contributed by atoms with Crippen LogP contribution >= 0.6 is 23.2 Å². The lowest BCUT2D eigenvalue weighted by atomic mass is 10.1. The number of aliphatic hydroxyl groups excluding tert-OH is 1. The van der Waals surface area contributed by atoms with Gasteiger partial charge in [-0.1, -0.05) is 23.2 Å². The molecule has 1 aromatic carbocycles. The number of carbonyl (C=O) groups excluding carboxylic acids is 1. The fourth-order valence-electron chi connectivity index (χ4n) is 2.13. The van der Waals surface area contributed by atoms with Crippen molar-refractivity contribution in [2.45, 2.75) is 26.5 Å². The maximum atomic E-state index is 12.2. The minimum atomic E-state index is -0.890. The highest BCUT2D eigenvalue weighted by molar-refractivity contribution is 6.34. The summed E-state index contributed by atoms with van der Waals surface area (Å²) >= 11 is 11.8. The molecule has 2 rings (SSSR count). The van der Waals surface area contributed by atoms with Crippen molar-refractivity contribution in [3.8, 4) is 0 Å². The molecule has 2 N–H and O–H groups in total. The van der Waals surface area contributed by atoms with Gasteiger partial charge in [-0.25, -0.2) is 0 Å². The zero-order chi connectivity index (χ0) is 16.3. The largest absolute Gasteiger partial charge is 0.387 e. The number of benzene rings is 1. The van der Waals surface area contributed by atoms with Gasteiger partial charge in [-0.05, 0) is 43.7 Å². The normalized spacial score (nSPS) is 12.2. The van der Waals surface area contributed by atoms with E-state index in [1.165, 1.54) is 0 Å². The molecule has 0 fully saturated rings. The van der Waals surface area contributed by atoms with Crippen LogP contribution in [0.25, 0.3) is 0 Å². The SMILES string of the molecule is CCn1nc(C)cc1C(=O)NC[C@H](O)c1cc(Cl)cc(Cl)c1. The van der Waals surface area contributed by atoms with Crippen molar-refractivity contribution in [3.05, 3.63) is 51.3 Å². The molecule has 1 amide bonds. The lowest BCUT2D eigenvalue weighted by molar-refractivity contribution is 0.0906. The van der Waals surface area contributed by atoms with Gasteiger partial charge in [0.2, 0.25) is 0 Å². The highest BCUT2D eigenvalue weighted by Crippen LogP contribution is 2.23. The summed E-state index contributed by atoms with van der Waals surface area (Å²) in [6.45, 7) is 4.39. The van der Waals surface area contributed by atoms with Crippen molar-refractivity contribution in [1.82, 2.24) is 15.1 Å². The zero-order valence-electron chi connectivity index (χ0n) is 12.3. The molecule has 1 aromatic heterocycles. The molecule has 0 bridgehead atoms. The summed E-state index contributed by atoms with van der Waals surface area (Å²) in [6.07, 6.45) is -0.890. The molecule has 7 heteroatoms. The Labute approximate surface area is 138 Å². The number of carbonyl (C=O) groups is 1. The van der Waals surface area contributed by atoms with Gasteiger partial charge in [0, 0.05) is 23.1 Å². The Bertz CT molecular complexity index is 665. The van der Waals surface area contributed by atoms with Crippen molar-refractivity contribution in [2.75, 3.05) is 6.54 Å². The van der Waals surface area contributed by atoms with Crippen LogP contribution in [0.15, 0.2) is 24.3 Å². The molecule has 1 atom stereocenters. The number of nitrogens with zero attached hydrogens (tertiary/aromatic N) is 2. The lowest BCUT2D eigenvalue weighted by Gasteiger charge is -2.13. The molecule has 0 aliphatic rings. The van der Waals surface area contributed by atoms with Crippen LogP contribution in [0.5, 0.6) is 0 Å². The maximum absolute atomic E-state index is 12.2. The fourth-order valence-corrected chi connectivity index (χ4v) is 2.68. The molecule has 0 aliphatic carbocycles. The van der Waals surface area contributed by atoms with Gasteiger partial charge < -0.3 is 10.4 Å². The van der Waals surface area contributed by atoms with Gasteiger partial charge in [-0.3, -0.25) is 9.48 Å². The number of aliphatic hydroxyl groups is 1. The molecular formula is C15H17Cl2N3O2. The van der Waals surface area contributed by atoms with Crippen molar-refractivity contribution >= 4 is 29.1 Å². The predicted octanol–water partition coefficient (Wildman–Crippen LogP) is 2.98. The van der Waals surface area contributed by atoms with Gasteiger partial charge >= 0.3 is 0 Å². The highest BCUT2D eigenvalue weighted by Gasteiger charge is 2.15. The van der Waals surface area contributed by atoms with Gasteiger partial charge in [-0.15, -0.1) is 0 Å².